The van der Waals surface area contributed by atoms with Crippen molar-refractivity contribution in [1.29, 1.82) is 0 Å². The normalized spacial score (nSPS) is 13.3. The lowest BCUT2D eigenvalue weighted by molar-refractivity contribution is 0.441. The van der Waals surface area contributed by atoms with E-state index in [1.807, 2.05) is 23.5 Å². The first-order valence-corrected chi connectivity index (χ1v) is 8.86. The zero-order valence-corrected chi connectivity index (χ0v) is 15.8. The molecule has 0 aliphatic carbocycles. The van der Waals surface area contributed by atoms with E-state index in [2.05, 4.69) is 72.8 Å². The highest BCUT2D eigenvalue weighted by atomic mass is 32.2. The molecule has 4 heteroatoms. The number of nitrogens with zero attached hydrogens (tertiary/aromatic N) is 1. The molecule has 0 atom stereocenters. The lowest BCUT2D eigenvalue weighted by atomic mass is 10.1. The molecule has 2 nitrogen and oxygen atoms in total. The highest BCUT2D eigenvalue weighted by molar-refractivity contribution is 8.02. The van der Waals surface area contributed by atoms with Crippen molar-refractivity contribution in [3.05, 3.63) is 0 Å². The Morgan fingerprint density at radius 3 is 1.42 bits per heavy atom. The van der Waals surface area contributed by atoms with Crippen LogP contribution in [0.2, 0.25) is 0 Å². The third-order valence-electron chi connectivity index (χ3n) is 1.89. The number of thioether (sulfide) groups is 2. The molecule has 0 fully saturated rings. The van der Waals surface area contributed by atoms with Gasteiger partial charge in [0, 0.05) is 26.5 Å². The first-order valence-electron chi connectivity index (χ1n) is 6.89. The predicted molar refractivity (Wildman–Crippen MR) is 94.7 cm³/mol. The van der Waals surface area contributed by atoms with Crippen LogP contribution in [-0.4, -0.2) is 32.3 Å². The number of hydrazone groups is 1. The highest BCUT2D eigenvalue weighted by Crippen LogP contribution is 2.26. The minimum atomic E-state index is 0.0318. The molecular weight excluding hydrogens is 272 g/mol. The second-order valence-corrected chi connectivity index (χ2v) is 11.4. The number of hydrogen-bond donors (Lipinski definition) is 1. The first kappa shape index (κ1) is 19.2. The second kappa shape index (κ2) is 7.26. The van der Waals surface area contributed by atoms with Crippen LogP contribution < -0.4 is 5.43 Å². The van der Waals surface area contributed by atoms with Crippen molar-refractivity contribution in [1.82, 2.24) is 5.43 Å². The lowest BCUT2D eigenvalue weighted by Gasteiger charge is -2.23. The Hall–Kier alpha value is 0.170. The van der Waals surface area contributed by atoms with Gasteiger partial charge >= 0.3 is 0 Å². The molecule has 0 aliphatic rings. The summed E-state index contributed by atoms with van der Waals surface area (Å²) < 4.78 is 0.573. The maximum absolute atomic E-state index is 4.63. The molecular formula is C15H32N2S2. The Balaban J connectivity index is 4.56. The van der Waals surface area contributed by atoms with Crippen LogP contribution in [0.15, 0.2) is 5.10 Å². The second-order valence-electron chi connectivity index (χ2n) is 7.84. The van der Waals surface area contributed by atoms with Gasteiger partial charge in [-0.15, -0.1) is 23.5 Å². The quantitative estimate of drug-likeness (QED) is 0.583. The number of nitrogens with one attached hydrogen (secondary N) is 1. The van der Waals surface area contributed by atoms with Crippen molar-refractivity contribution in [3.63, 3.8) is 0 Å². The van der Waals surface area contributed by atoms with Gasteiger partial charge in [-0.2, -0.15) is 5.10 Å². The summed E-state index contributed by atoms with van der Waals surface area (Å²) in [6, 6.07) is 0. The molecule has 0 saturated heterocycles. The summed E-state index contributed by atoms with van der Waals surface area (Å²) in [7, 11) is 0. The van der Waals surface area contributed by atoms with Gasteiger partial charge in [0.2, 0.25) is 0 Å². The van der Waals surface area contributed by atoms with Gasteiger partial charge in [0.25, 0.3) is 0 Å². The van der Waals surface area contributed by atoms with E-state index in [1.165, 1.54) is 5.71 Å². The van der Waals surface area contributed by atoms with E-state index >= 15 is 0 Å². The fourth-order valence-electron chi connectivity index (χ4n) is 0.953. The maximum Gasteiger partial charge on any atom is 0.0576 e. The van der Waals surface area contributed by atoms with Gasteiger partial charge in [-0.1, -0.05) is 41.5 Å². The van der Waals surface area contributed by atoms with Gasteiger partial charge in [-0.3, -0.25) is 0 Å². The standard InChI is InChI=1S/C15H32N2S2/c1-13(2,3)17-16-12(10-18-14(4,5)6)11-19-15(7,8)9/h17H,10-11H2,1-9H3. The summed E-state index contributed by atoms with van der Waals surface area (Å²) in [4.78, 5) is 0. The molecule has 0 rings (SSSR count). The van der Waals surface area contributed by atoms with E-state index in [4.69, 9.17) is 0 Å². The lowest BCUT2D eigenvalue weighted by Crippen LogP contribution is -2.33. The van der Waals surface area contributed by atoms with Crippen molar-refractivity contribution < 1.29 is 0 Å². The zero-order chi connectivity index (χ0) is 15.3. The number of hydrogen-bond acceptors (Lipinski definition) is 4. The molecule has 1 N–H and O–H groups in total. The molecule has 19 heavy (non-hydrogen) atoms. The molecule has 114 valence electrons. The Morgan fingerprint density at radius 1 is 0.789 bits per heavy atom. The van der Waals surface area contributed by atoms with Gasteiger partial charge in [0.15, 0.2) is 0 Å². The summed E-state index contributed by atoms with van der Waals surface area (Å²) >= 11 is 3.92. The highest BCUT2D eigenvalue weighted by Gasteiger charge is 2.17. The Kier molecular flexibility index (Phi) is 7.32. The molecule has 0 aromatic rings. The Morgan fingerprint density at radius 2 is 1.16 bits per heavy atom. The molecule has 0 amide bonds. The summed E-state index contributed by atoms with van der Waals surface area (Å²) in [6.45, 7) is 19.9. The van der Waals surface area contributed by atoms with E-state index in [9.17, 15) is 0 Å². The van der Waals surface area contributed by atoms with Crippen molar-refractivity contribution >= 4 is 29.2 Å². The summed E-state index contributed by atoms with van der Waals surface area (Å²) in [5.41, 5.74) is 4.53. The van der Waals surface area contributed by atoms with Crippen LogP contribution in [0.1, 0.15) is 62.3 Å². The van der Waals surface area contributed by atoms with Crippen LogP contribution in [0.25, 0.3) is 0 Å². The molecule has 0 bridgehead atoms. The van der Waals surface area contributed by atoms with Gasteiger partial charge in [-0.05, 0) is 20.8 Å². The molecule has 0 heterocycles. The van der Waals surface area contributed by atoms with E-state index in [0.29, 0.717) is 0 Å². The van der Waals surface area contributed by atoms with E-state index in [-0.39, 0.29) is 15.0 Å². The van der Waals surface area contributed by atoms with E-state index in [0.717, 1.165) is 11.5 Å². The van der Waals surface area contributed by atoms with Crippen molar-refractivity contribution in [2.24, 2.45) is 5.10 Å². The largest absolute Gasteiger partial charge is 0.305 e. The topological polar surface area (TPSA) is 24.4 Å². The molecule has 0 aromatic heterocycles. The van der Waals surface area contributed by atoms with Crippen LogP contribution in [0.5, 0.6) is 0 Å². The molecule has 0 saturated carbocycles. The Labute approximate surface area is 129 Å². The molecule has 0 aliphatic heterocycles. The minimum Gasteiger partial charge on any atom is -0.305 e. The van der Waals surface area contributed by atoms with Crippen molar-refractivity contribution in [2.45, 2.75) is 77.3 Å². The smallest absolute Gasteiger partial charge is 0.0576 e. The van der Waals surface area contributed by atoms with Gasteiger partial charge < -0.3 is 5.43 Å². The minimum absolute atomic E-state index is 0.0318. The fourth-order valence-corrected chi connectivity index (χ4v) is 2.61. The maximum atomic E-state index is 4.63. The van der Waals surface area contributed by atoms with Crippen LogP contribution in [0, 0.1) is 0 Å². The first-order chi connectivity index (χ1) is 8.29. The monoisotopic (exact) mass is 304 g/mol. The van der Waals surface area contributed by atoms with Crippen molar-refractivity contribution in [2.75, 3.05) is 11.5 Å². The fraction of sp³-hybridized carbons (Fsp3) is 0.933. The van der Waals surface area contributed by atoms with Crippen molar-refractivity contribution in [3.8, 4) is 0 Å². The molecule has 0 aromatic carbocycles. The van der Waals surface area contributed by atoms with Crippen LogP contribution in [-0.2, 0) is 0 Å². The summed E-state index contributed by atoms with van der Waals surface area (Å²) in [6.07, 6.45) is 0. The average Bonchev–Trinajstić information content (AvgIpc) is 2.11. The average molecular weight is 305 g/mol. The molecule has 0 spiro atoms. The van der Waals surface area contributed by atoms with Gasteiger partial charge in [0.05, 0.1) is 5.71 Å². The summed E-state index contributed by atoms with van der Waals surface area (Å²) in [5.74, 6) is 1.99. The number of rotatable bonds is 5. The van der Waals surface area contributed by atoms with E-state index in [1.54, 1.807) is 0 Å². The third kappa shape index (κ3) is 14.4. The third-order valence-corrected chi connectivity index (χ3v) is 4.58. The predicted octanol–water partition coefficient (Wildman–Crippen LogP) is 4.79. The molecule has 0 radical (unpaired) electrons. The Bertz CT molecular complexity index is 271. The SMILES string of the molecule is CC(C)(C)NN=C(CSC(C)(C)C)CSC(C)(C)C. The van der Waals surface area contributed by atoms with Crippen LogP contribution in [0.3, 0.4) is 0 Å². The van der Waals surface area contributed by atoms with Gasteiger partial charge in [-0.25, -0.2) is 0 Å². The van der Waals surface area contributed by atoms with Crippen LogP contribution in [0.4, 0.5) is 0 Å². The molecule has 0 unspecified atom stereocenters. The summed E-state index contributed by atoms with van der Waals surface area (Å²) in [5, 5.41) is 4.63. The van der Waals surface area contributed by atoms with Gasteiger partial charge in [0.1, 0.15) is 0 Å². The van der Waals surface area contributed by atoms with Crippen LogP contribution >= 0.6 is 23.5 Å². The van der Waals surface area contributed by atoms with E-state index < -0.39 is 0 Å². The zero-order valence-electron chi connectivity index (χ0n) is 14.2.